The van der Waals surface area contributed by atoms with Gasteiger partial charge in [-0.15, -0.1) is 6.58 Å². The molecular formula is C35H56O8. The summed E-state index contributed by atoms with van der Waals surface area (Å²) in [4.78, 5) is 26.6. The smallest absolute Gasteiger partial charge is 0.373 e. The van der Waals surface area contributed by atoms with Gasteiger partial charge in [-0.1, -0.05) is 83.1 Å². The third-order valence-corrected chi connectivity index (χ3v) is 8.33. The topological polar surface area (TPSA) is 112 Å². The number of methoxy groups -OCH3 is 2. The van der Waals surface area contributed by atoms with E-state index in [1.54, 1.807) is 32.1 Å². The molecule has 43 heavy (non-hydrogen) atoms. The first kappa shape index (κ1) is 38.3. The number of hydrogen-bond acceptors (Lipinski definition) is 8. The lowest BCUT2D eigenvalue weighted by molar-refractivity contribution is -0.169. The average molecular weight is 605 g/mol. The van der Waals surface area contributed by atoms with Crippen molar-refractivity contribution in [2.45, 2.75) is 99.3 Å². The van der Waals surface area contributed by atoms with Crippen LogP contribution in [0.2, 0.25) is 0 Å². The quantitative estimate of drug-likeness (QED) is 0.232. The van der Waals surface area contributed by atoms with Crippen LogP contribution in [0.5, 0.6) is 0 Å². The van der Waals surface area contributed by atoms with Gasteiger partial charge in [0.25, 0.3) is 0 Å². The molecule has 10 atom stereocenters. The Morgan fingerprint density at radius 1 is 1.14 bits per heavy atom. The monoisotopic (exact) mass is 604 g/mol. The normalized spacial score (nSPS) is 32.3. The highest BCUT2D eigenvalue weighted by molar-refractivity contribution is 5.87. The summed E-state index contributed by atoms with van der Waals surface area (Å²) >= 11 is 0. The van der Waals surface area contributed by atoms with E-state index in [1.165, 1.54) is 14.2 Å². The molecule has 1 rings (SSSR count). The molecule has 1 heterocycles. The molecule has 244 valence electrons. The Labute approximate surface area is 259 Å². The average Bonchev–Trinajstić information content (AvgIpc) is 2.96. The van der Waals surface area contributed by atoms with Crippen molar-refractivity contribution in [3.63, 3.8) is 0 Å². The maximum atomic E-state index is 13.4. The molecule has 0 aromatic carbocycles. The fraction of sp³-hybridized carbons (Fsp3) is 0.657. The van der Waals surface area contributed by atoms with Crippen molar-refractivity contribution in [1.29, 1.82) is 0 Å². The maximum absolute atomic E-state index is 13.4. The van der Waals surface area contributed by atoms with Gasteiger partial charge >= 0.3 is 11.9 Å². The summed E-state index contributed by atoms with van der Waals surface area (Å²) in [5.74, 6) is -3.14. The molecule has 1 aliphatic heterocycles. The summed E-state index contributed by atoms with van der Waals surface area (Å²) in [5, 5.41) is 22.3. The second kappa shape index (κ2) is 18.2. The minimum atomic E-state index is -1.22. The summed E-state index contributed by atoms with van der Waals surface area (Å²) in [5.41, 5.74) is 1.79. The Morgan fingerprint density at radius 2 is 1.77 bits per heavy atom. The van der Waals surface area contributed by atoms with Crippen LogP contribution in [-0.4, -0.2) is 66.9 Å². The van der Waals surface area contributed by atoms with Crippen molar-refractivity contribution in [2.75, 3.05) is 14.2 Å². The number of esters is 2. The number of allylic oxidation sites excluding steroid dienone is 5. The molecule has 0 amide bonds. The zero-order valence-corrected chi connectivity index (χ0v) is 28.1. The van der Waals surface area contributed by atoms with E-state index in [-0.39, 0.29) is 29.4 Å². The Balaban J connectivity index is 3.50. The first-order valence-corrected chi connectivity index (χ1v) is 15.3. The summed E-state index contributed by atoms with van der Waals surface area (Å²) in [6, 6.07) is 0. The molecule has 1 aliphatic rings. The van der Waals surface area contributed by atoms with Crippen LogP contribution in [0.25, 0.3) is 0 Å². The number of hydrogen-bond donors (Lipinski definition) is 2. The summed E-state index contributed by atoms with van der Waals surface area (Å²) < 4.78 is 22.9. The largest absolute Gasteiger partial charge is 0.490 e. The second-order valence-corrected chi connectivity index (χ2v) is 12.5. The molecule has 0 saturated carbocycles. The first-order chi connectivity index (χ1) is 20.1. The van der Waals surface area contributed by atoms with Crippen molar-refractivity contribution < 1.29 is 38.7 Å². The fourth-order valence-corrected chi connectivity index (χ4v) is 5.51. The zero-order valence-electron chi connectivity index (χ0n) is 28.1. The summed E-state index contributed by atoms with van der Waals surface area (Å²) in [7, 11) is 2.87. The van der Waals surface area contributed by atoms with Crippen LogP contribution in [0.3, 0.4) is 0 Å². The highest BCUT2D eigenvalue weighted by atomic mass is 16.6. The minimum Gasteiger partial charge on any atom is -0.490 e. The van der Waals surface area contributed by atoms with Gasteiger partial charge in [0.05, 0.1) is 25.2 Å². The molecular weight excluding hydrogens is 548 g/mol. The number of ether oxygens (including phenoxy) is 4. The first-order valence-electron chi connectivity index (χ1n) is 15.3. The predicted octanol–water partition coefficient (Wildman–Crippen LogP) is 5.95. The molecule has 0 saturated heterocycles. The van der Waals surface area contributed by atoms with Gasteiger partial charge in [0, 0.05) is 24.9 Å². The Morgan fingerprint density at radius 3 is 2.30 bits per heavy atom. The molecule has 0 aromatic rings. The van der Waals surface area contributed by atoms with Crippen LogP contribution in [-0.2, 0) is 28.5 Å². The molecule has 0 aromatic heterocycles. The summed E-state index contributed by atoms with van der Waals surface area (Å²) in [6.07, 6.45) is 7.48. The van der Waals surface area contributed by atoms with E-state index in [2.05, 4.69) is 6.58 Å². The lowest BCUT2D eigenvalue weighted by Crippen LogP contribution is -2.46. The number of carbonyl (C=O) groups excluding carboxylic acids is 2. The second-order valence-electron chi connectivity index (χ2n) is 12.5. The Kier molecular flexibility index (Phi) is 16.2. The van der Waals surface area contributed by atoms with Crippen molar-refractivity contribution in [2.24, 2.45) is 35.5 Å². The molecule has 2 N–H and O–H groups in total. The Bertz CT molecular complexity index is 1040. The lowest BCUT2D eigenvalue weighted by Gasteiger charge is -2.34. The molecule has 8 nitrogen and oxygen atoms in total. The standard InChI is InChI=1S/C35H56O8/c1-13-23(6)32(20(2)3)42-34(38)27(10)31(37)26(9)33-28(40-11)16-14-15-21(4)17-24(7)30(36)25(8)18-22(5)19-29(41-12)35(39)43-33/h13-16,18-20,23-28,30-33,36-37H,1,17H2,2-12H3/b16-14+,21-15+,22-18+,29-19-/t23?,24-,25+,26-,27-,28-,30-,31+,32?,33+/m0/s1. The van der Waals surface area contributed by atoms with Gasteiger partial charge in [0.2, 0.25) is 5.76 Å². The fourth-order valence-electron chi connectivity index (χ4n) is 5.51. The Hall–Kier alpha value is -2.68. The highest BCUT2D eigenvalue weighted by Crippen LogP contribution is 2.28. The third-order valence-electron chi connectivity index (χ3n) is 8.33. The van der Waals surface area contributed by atoms with E-state index in [1.807, 2.05) is 66.7 Å². The van der Waals surface area contributed by atoms with Gasteiger partial charge in [0.1, 0.15) is 18.3 Å². The lowest BCUT2D eigenvalue weighted by atomic mass is 9.86. The molecule has 0 spiro atoms. The van der Waals surface area contributed by atoms with Crippen LogP contribution in [0, 0.1) is 35.5 Å². The zero-order chi connectivity index (χ0) is 33.0. The highest BCUT2D eigenvalue weighted by Gasteiger charge is 2.40. The number of aliphatic hydroxyl groups excluding tert-OH is 2. The number of aliphatic hydroxyl groups is 2. The van der Waals surface area contributed by atoms with Crippen molar-refractivity contribution in [3.8, 4) is 0 Å². The number of carbonyl (C=O) groups is 2. The van der Waals surface area contributed by atoms with Crippen LogP contribution >= 0.6 is 0 Å². The third kappa shape index (κ3) is 11.4. The van der Waals surface area contributed by atoms with Crippen molar-refractivity contribution >= 4 is 11.9 Å². The molecule has 0 aliphatic carbocycles. The van der Waals surface area contributed by atoms with Gasteiger partial charge in [-0.25, -0.2) is 4.79 Å². The SMILES string of the molecule is C=CC(C)C(OC(=O)[C@@H](C)[C@H](O)[C@H](C)[C@H]1OC(=O)/C(OC)=C/C(C)=C/[C@@H](C)[C@@H](O)[C@@H](C)C/C(C)=C/C=C/[C@@H]1OC)C(C)C. The van der Waals surface area contributed by atoms with E-state index < -0.39 is 54.3 Å². The molecule has 0 fully saturated rings. The van der Waals surface area contributed by atoms with E-state index in [4.69, 9.17) is 18.9 Å². The van der Waals surface area contributed by atoms with Gasteiger partial charge in [0.15, 0.2) is 0 Å². The van der Waals surface area contributed by atoms with Gasteiger partial charge in [-0.05, 0) is 45.1 Å². The van der Waals surface area contributed by atoms with Crippen LogP contribution in [0.15, 0.2) is 59.9 Å². The van der Waals surface area contributed by atoms with E-state index in [0.29, 0.717) is 6.42 Å². The van der Waals surface area contributed by atoms with E-state index >= 15 is 0 Å². The number of cyclic esters (lactones) is 1. The van der Waals surface area contributed by atoms with Gasteiger partial charge < -0.3 is 29.2 Å². The van der Waals surface area contributed by atoms with E-state index in [9.17, 15) is 19.8 Å². The molecule has 2 unspecified atom stereocenters. The van der Waals surface area contributed by atoms with Crippen LogP contribution in [0.1, 0.15) is 68.7 Å². The predicted molar refractivity (Wildman–Crippen MR) is 170 cm³/mol. The van der Waals surface area contributed by atoms with Gasteiger partial charge in [-0.2, -0.15) is 0 Å². The van der Waals surface area contributed by atoms with Gasteiger partial charge in [-0.3, -0.25) is 4.79 Å². The van der Waals surface area contributed by atoms with Crippen molar-refractivity contribution in [1.82, 2.24) is 0 Å². The van der Waals surface area contributed by atoms with Crippen LogP contribution < -0.4 is 0 Å². The summed E-state index contributed by atoms with van der Waals surface area (Å²) in [6.45, 7) is 20.8. The number of rotatable bonds is 10. The maximum Gasteiger partial charge on any atom is 0.373 e. The molecule has 0 bridgehead atoms. The van der Waals surface area contributed by atoms with Crippen molar-refractivity contribution in [3.05, 3.63) is 59.9 Å². The van der Waals surface area contributed by atoms with E-state index in [0.717, 1.165) is 11.1 Å². The van der Waals surface area contributed by atoms with Crippen LogP contribution in [0.4, 0.5) is 0 Å². The molecule has 8 heteroatoms. The molecule has 0 radical (unpaired) electrons. The minimum absolute atomic E-state index is 0.000379.